The molecule has 2 aliphatic rings. The molecule has 0 bridgehead atoms. The van der Waals surface area contributed by atoms with Gasteiger partial charge in [0.15, 0.2) is 9.84 Å². The predicted molar refractivity (Wildman–Crippen MR) is 107 cm³/mol. The van der Waals surface area contributed by atoms with Gasteiger partial charge in [0.05, 0.1) is 23.7 Å². The lowest BCUT2D eigenvalue weighted by Gasteiger charge is -2.38. The Hall–Kier alpha value is -1.69. The van der Waals surface area contributed by atoms with Crippen molar-refractivity contribution < 1.29 is 13.2 Å². The first kappa shape index (κ1) is 18.7. The summed E-state index contributed by atoms with van der Waals surface area (Å²) in [5.41, 5.74) is 2.40. The fourth-order valence-electron chi connectivity index (χ4n) is 4.37. The van der Waals surface area contributed by atoms with Crippen LogP contribution in [0.25, 0.3) is 0 Å². The Bertz CT molecular complexity index is 793. The van der Waals surface area contributed by atoms with Gasteiger partial charge in [0, 0.05) is 19.2 Å². The number of hydrogen-bond acceptors (Lipinski definition) is 4. The molecule has 27 heavy (non-hydrogen) atoms. The first-order valence-electron chi connectivity index (χ1n) is 9.80. The van der Waals surface area contributed by atoms with E-state index in [2.05, 4.69) is 53.4 Å². The third kappa shape index (κ3) is 4.42. The van der Waals surface area contributed by atoms with Crippen molar-refractivity contribution in [3.05, 3.63) is 71.8 Å². The van der Waals surface area contributed by atoms with Crippen LogP contribution in [0, 0.1) is 0 Å². The van der Waals surface area contributed by atoms with Crippen LogP contribution in [-0.4, -0.2) is 50.1 Å². The van der Waals surface area contributed by atoms with Gasteiger partial charge in [-0.3, -0.25) is 4.90 Å². The molecular weight excluding hydrogens is 358 g/mol. The van der Waals surface area contributed by atoms with Crippen molar-refractivity contribution in [2.75, 3.05) is 24.7 Å². The van der Waals surface area contributed by atoms with Crippen LogP contribution in [0.3, 0.4) is 0 Å². The summed E-state index contributed by atoms with van der Waals surface area (Å²) in [5, 5.41) is 0. The molecule has 2 atom stereocenters. The molecule has 0 radical (unpaired) electrons. The zero-order valence-corrected chi connectivity index (χ0v) is 16.4. The maximum absolute atomic E-state index is 12.2. The van der Waals surface area contributed by atoms with Crippen molar-refractivity contribution in [2.45, 2.75) is 37.5 Å². The highest BCUT2D eigenvalue weighted by Gasteiger charge is 2.38. The van der Waals surface area contributed by atoms with Crippen molar-refractivity contribution in [1.82, 2.24) is 4.90 Å². The smallest absolute Gasteiger partial charge is 0.151 e. The molecule has 0 aromatic heterocycles. The summed E-state index contributed by atoms with van der Waals surface area (Å²) >= 11 is 0. The molecule has 4 rings (SSSR count). The van der Waals surface area contributed by atoms with Gasteiger partial charge in [0.25, 0.3) is 0 Å². The second-order valence-electron chi connectivity index (χ2n) is 7.61. The van der Waals surface area contributed by atoms with E-state index in [9.17, 15) is 8.42 Å². The van der Waals surface area contributed by atoms with Gasteiger partial charge in [-0.2, -0.15) is 0 Å². The Kier molecular flexibility index (Phi) is 5.62. The lowest BCUT2D eigenvalue weighted by Crippen LogP contribution is -2.44. The minimum Gasteiger partial charge on any atom is -0.377 e. The van der Waals surface area contributed by atoms with Crippen molar-refractivity contribution in [2.24, 2.45) is 0 Å². The van der Waals surface area contributed by atoms with Gasteiger partial charge in [-0.15, -0.1) is 0 Å². The Morgan fingerprint density at radius 1 is 0.963 bits per heavy atom. The van der Waals surface area contributed by atoms with E-state index in [1.165, 1.54) is 11.1 Å². The summed E-state index contributed by atoms with van der Waals surface area (Å²) in [4.78, 5) is 2.39. The lowest BCUT2D eigenvalue weighted by molar-refractivity contribution is 0.0476. The Balaban J connectivity index is 1.73. The van der Waals surface area contributed by atoms with Crippen LogP contribution in [0.15, 0.2) is 60.7 Å². The van der Waals surface area contributed by atoms with Gasteiger partial charge in [0.1, 0.15) is 0 Å². The van der Waals surface area contributed by atoms with Crippen molar-refractivity contribution >= 4 is 9.84 Å². The minimum atomic E-state index is -2.95. The standard InChI is InChI=1S/C22H27NO3S/c24-27(25)15-13-20(17-27)23(16-21-12-7-14-26-21)22(18-8-3-1-4-9-18)19-10-5-2-6-11-19/h1-6,8-11,20-22H,7,12-17H2/t20-,21+/m1/s1. The van der Waals surface area contributed by atoms with Gasteiger partial charge in [0.2, 0.25) is 0 Å². The Morgan fingerprint density at radius 3 is 2.07 bits per heavy atom. The quantitative estimate of drug-likeness (QED) is 0.764. The first-order chi connectivity index (χ1) is 13.1. The average Bonchev–Trinajstić information content (AvgIpc) is 3.32. The van der Waals surface area contributed by atoms with Gasteiger partial charge in [-0.25, -0.2) is 8.42 Å². The molecule has 0 aliphatic carbocycles. The second kappa shape index (κ2) is 8.13. The Labute approximate surface area is 162 Å². The number of nitrogens with zero attached hydrogens (tertiary/aromatic N) is 1. The van der Waals surface area contributed by atoms with E-state index in [4.69, 9.17) is 4.74 Å². The molecule has 2 fully saturated rings. The maximum Gasteiger partial charge on any atom is 0.151 e. The molecule has 5 heteroatoms. The highest BCUT2D eigenvalue weighted by atomic mass is 32.2. The van der Waals surface area contributed by atoms with Crippen LogP contribution >= 0.6 is 0 Å². The maximum atomic E-state index is 12.2. The molecule has 0 spiro atoms. The number of hydrogen-bond donors (Lipinski definition) is 0. The third-order valence-corrected chi connectivity index (χ3v) is 7.43. The fourth-order valence-corrected chi connectivity index (χ4v) is 6.11. The van der Waals surface area contributed by atoms with Gasteiger partial charge in [-0.1, -0.05) is 60.7 Å². The Morgan fingerprint density at radius 2 is 1.59 bits per heavy atom. The van der Waals surface area contributed by atoms with Crippen LogP contribution in [-0.2, 0) is 14.6 Å². The summed E-state index contributed by atoms with van der Waals surface area (Å²) in [6, 6.07) is 20.9. The van der Waals surface area contributed by atoms with Crippen LogP contribution in [0.4, 0.5) is 0 Å². The monoisotopic (exact) mass is 385 g/mol. The van der Waals surface area contributed by atoms with Crippen LogP contribution in [0.2, 0.25) is 0 Å². The number of sulfone groups is 1. The van der Waals surface area contributed by atoms with Crippen molar-refractivity contribution in [3.8, 4) is 0 Å². The summed E-state index contributed by atoms with van der Waals surface area (Å²) in [6.07, 6.45) is 3.02. The third-order valence-electron chi connectivity index (χ3n) is 5.68. The van der Waals surface area contributed by atoms with E-state index >= 15 is 0 Å². The van der Waals surface area contributed by atoms with E-state index in [0.717, 1.165) is 26.0 Å². The van der Waals surface area contributed by atoms with E-state index in [0.29, 0.717) is 6.42 Å². The first-order valence-corrected chi connectivity index (χ1v) is 11.6. The van der Waals surface area contributed by atoms with Gasteiger partial charge >= 0.3 is 0 Å². The highest BCUT2D eigenvalue weighted by molar-refractivity contribution is 7.91. The van der Waals surface area contributed by atoms with Crippen molar-refractivity contribution in [3.63, 3.8) is 0 Å². The van der Waals surface area contributed by atoms with Crippen molar-refractivity contribution in [1.29, 1.82) is 0 Å². The molecule has 2 aromatic rings. The predicted octanol–water partition coefficient (Wildman–Crippen LogP) is 3.44. The highest BCUT2D eigenvalue weighted by Crippen LogP contribution is 2.34. The molecule has 4 nitrogen and oxygen atoms in total. The summed E-state index contributed by atoms with van der Waals surface area (Å²) < 4.78 is 30.4. The molecule has 0 amide bonds. The molecule has 2 aliphatic heterocycles. The van der Waals surface area contributed by atoms with E-state index < -0.39 is 9.84 Å². The summed E-state index contributed by atoms with van der Waals surface area (Å²) in [7, 11) is -2.95. The molecule has 2 heterocycles. The summed E-state index contributed by atoms with van der Waals surface area (Å²) in [6.45, 7) is 1.58. The molecule has 2 aromatic carbocycles. The van der Waals surface area contributed by atoms with Crippen LogP contribution < -0.4 is 0 Å². The minimum absolute atomic E-state index is 0.0320. The lowest BCUT2D eigenvalue weighted by atomic mass is 9.94. The number of rotatable bonds is 6. The normalized spacial score (nSPS) is 24.7. The van der Waals surface area contributed by atoms with Crippen LogP contribution in [0.1, 0.15) is 36.4 Å². The molecule has 0 N–H and O–H groups in total. The zero-order valence-electron chi connectivity index (χ0n) is 15.5. The molecule has 144 valence electrons. The zero-order chi connectivity index (χ0) is 18.7. The molecule has 0 unspecified atom stereocenters. The fraction of sp³-hybridized carbons (Fsp3) is 0.455. The average molecular weight is 386 g/mol. The topological polar surface area (TPSA) is 46.6 Å². The van der Waals surface area contributed by atoms with E-state index in [1.807, 2.05) is 12.1 Å². The van der Waals surface area contributed by atoms with Crippen LogP contribution in [0.5, 0.6) is 0 Å². The SMILES string of the molecule is O=S1(=O)CC[C@@H](N(C[C@@H]2CCCO2)C(c2ccccc2)c2ccccc2)C1. The largest absolute Gasteiger partial charge is 0.377 e. The van der Waals surface area contributed by atoms with Gasteiger partial charge in [-0.05, 0) is 30.4 Å². The van der Waals surface area contributed by atoms with E-state index in [-0.39, 0.29) is 29.7 Å². The number of benzene rings is 2. The molecule has 2 saturated heterocycles. The second-order valence-corrected chi connectivity index (χ2v) is 9.84. The molecule has 0 saturated carbocycles. The van der Waals surface area contributed by atoms with E-state index in [1.54, 1.807) is 0 Å². The summed E-state index contributed by atoms with van der Waals surface area (Å²) in [5.74, 6) is 0.534. The van der Waals surface area contributed by atoms with Gasteiger partial charge < -0.3 is 4.74 Å². The molecular formula is C22H27NO3S. The number of ether oxygens (including phenoxy) is 1.